The van der Waals surface area contributed by atoms with Crippen molar-refractivity contribution in [2.45, 2.75) is 25.7 Å². The molecule has 1 N–H and O–H groups in total. The molecule has 82 valence electrons. The van der Waals surface area contributed by atoms with Gasteiger partial charge in [-0.1, -0.05) is 20.8 Å². The minimum atomic E-state index is -0.389. The van der Waals surface area contributed by atoms with E-state index in [4.69, 9.17) is 0 Å². The molecule has 0 saturated carbocycles. The number of nitrogens with zero attached hydrogens (tertiary/aromatic N) is 1. The van der Waals surface area contributed by atoms with Crippen LogP contribution in [-0.2, 0) is 4.79 Å². The Morgan fingerprint density at radius 1 is 1.40 bits per heavy atom. The van der Waals surface area contributed by atoms with E-state index in [9.17, 15) is 4.79 Å². The Balaban J connectivity index is 2.70. The quantitative estimate of drug-likeness (QED) is 0.785. The van der Waals surface area contributed by atoms with Gasteiger partial charge in [-0.2, -0.15) is 0 Å². The van der Waals surface area contributed by atoms with Gasteiger partial charge in [0.05, 0.1) is 0 Å². The van der Waals surface area contributed by atoms with Crippen LogP contribution < -0.4 is 5.32 Å². The summed E-state index contributed by atoms with van der Waals surface area (Å²) in [7, 11) is 0. The summed E-state index contributed by atoms with van der Waals surface area (Å²) < 4.78 is 0. The summed E-state index contributed by atoms with van der Waals surface area (Å²) in [6.45, 7) is 5.62. The zero-order valence-corrected chi connectivity index (χ0v) is 10.3. The molecular weight excluding hydrogens is 208 g/mol. The second-order valence-corrected chi connectivity index (χ2v) is 5.17. The Bertz CT molecular complexity index is 341. The summed E-state index contributed by atoms with van der Waals surface area (Å²) in [6, 6.07) is 3.76. The van der Waals surface area contributed by atoms with Crippen molar-refractivity contribution >= 4 is 23.5 Å². The average molecular weight is 224 g/mol. The number of anilines is 1. The maximum atomic E-state index is 11.6. The lowest BCUT2D eigenvalue weighted by Crippen LogP contribution is -2.27. The smallest absolute Gasteiger partial charge is 0.230 e. The number of nitrogens with one attached hydrogen (secondary N) is 1. The summed E-state index contributed by atoms with van der Waals surface area (Å²) in [5.74, 6) is 0.583. The van der Waals surface area contributed by atoms with E-state index in [1.165, 1.54) is 0 Å². The molecule has 0 atom stereocenters. The minimum absolute atomic E-state index is 0.0214. The van der Waals surface area contributed by atoms with Crippen LogP contribution in [0.3, 0.4) is 0 Å². The van der Waals surface area contributed by atoms with Gasteiger partial charge in [-0.15, -0.1) is 11.8 Å². The maximum absolute atomic E-state index is 11.6. The van der Waals surface area contributed by atoms with Gasteiger partial charge in [-0.25, -0.2) is 4.98 Å². The fraction of sp³-hybridized carbons (Fsp3) is 0.455. The fourth-order valence-corrected chi connectivity index (χ4v) is 1.24. The Hall–Kier alpha value is -1.03. The summed E-state index contributed by atoms with van der Waals surface area (Å²) in [5, 5.41) is 2.77. The predicted molar refractivity (Wildman–Crippen MR) is 64.1 cm³/mol. The number of thioether (sulfide) groups is 1. The molecule has 4 heteroatoms. The molecule has 0 aromatic carbocycles. The first-order chi connectivity index (χ1) is 6.93. The predicted octanol–water partition coefficient (Wildman–Crippen LogP) is 2.79. The lowest BCUT2D eigenvalue weighted by molar-refractivity contribution is -0.123. The highest BCUT2D eigenvalue weighted by atomic mass is 32.2. The van der Waals surface area contributed by atoms with Gasteiger partial charge in [0.1, 0.15) is 5.82 Å². The van der Waals surface area contributed by atoms with E-state index in [2.05, 4.69) is 10.3 Å². The first-order valence-corrected chi connectivity index (χ1v) is 5.97. The third-order valence-electron chi connectivity index (χ3n) is 1.89. The number of carbonyl (C=O) groups excluding carboxylic acids is 1. The van der Waals surface area contributed by atoms with E-state index >= 15 is 0 Å². The largest absolute Gasteiger partial charge is 0.310 e. The molecule has 1 aromatic rings. The van der Waals surface area contributed by atoms with Crippen LogP contribution in [0.15, 0.2) is 23.2 Å². The number of amides is 1. The fourth-order valence-electron chi connectivity index (χ4n) is 0.879. The topological polar surface area (TPSA) is 42.0 Å². The normalized spacial score (nSPS) is 11.2. The van der Waals surface area contributed by atoms with Gasteiger partial charge in [0, 0.05) is 16.5 Å². The van der Waals surface area contributed by atoms with Crippen molar-refractivity contribution < 1.29 is 4.79 Å². The number of hydrogen-bond acceptors (Lipinski definition) is 3. The third-order valence-corrected chi connectivity index (χ3v) is 2.61. The molecule has 1 rings (SSSR count). The van der Waals surface area contributed by atoms with Crippen LogP contribution in [0.2, 0.25) is 0 Å². The van der Waals surface area contributed by atoms with Crippen LogP contribution in [-0.4, -0.2) is 17.1 Å². The molecule has 3 nitrogen and oxygen atoms in total. The molecule has 0 unspecified atom stereocenters. The van der Waals surface area contributed by atoms with E-state index in [-0.39, 0.29) is 11.3 Å². The Morgan fingerprint density at radius 2 is 2.07 bits per heavy atom. The van der Waals surface area contributed by atoms with E-state index in [0.29, 0.717) is 5.82 Å². The summed E-state index contributed by atoms with van der Waals surface area (Å²) >= 11 is 1.63. The van der Waals surface area contributed by atoms with Crippen LogP contribution in [0.4, 0.5) is 5.82 Å². The van der Waals surface area contributed by atoms with Crippen molar-refractivity contribution in [3.63, 3.8) is 0 Å². The van der Waals surface area contributed by atoms with Gasteiger partial charge in [0.15, 0.2) is 0 Å². The zero-order chi connectivity index (χ0) is 11.5. The van der Waals surface area contributed by atoms with Crippen molar-refractivity contribution in [3.05, 3.63) is 18.3 Å². The number of hydrogen-bond donors (Lipinski definition) is 1. The number of pyridine rings is 1. The highest BCUT2D eigenvalue weighted by Gasteiger charge is 2.21. The lowest BCUT2D eigenvalue weighted by Gasteiger charge is -2.17. The van der Waals surface area contributed by atoms with E-state index < -0.39 is 0 Å². The third kappa shape index (κ3) is 3.55. The van der Waals surface area contributed by atoms with Crippen molar-refractivity contribution in [2.24, 2.45) is 5.41 Å². The molecule has 0 saturated heterocycles. The highest BCUT2D eigenvalue weighted by molar-refractivity contribution is 7.98. The van der Waals surface area contributed by atoms with Crippen molar-refractivity contribution in [1.29, 1.82) is 0 Å². The van der Waals surface area contributed by atoms with Gasteiger partial charge < -0.3 is 5.32 Å². The minimum Gasteiger partial charge on any atom is -0.310 e. The van der Waals surface area contributed by atoms with E-state index in [1.807, 2.05) is 39.2 Å². The first-order valence-electron chi connectivity index (χ1n) is 4.75. The SMILES string of the molecule is CSc1ccc(NC(=O)C(C)(C)C)nc1. The summed E-state index contributed by atoms with van der Waals surface area (Å²) in [4.78, 5) is 16.9. The van der Waals surface area contributed by atoms with Gasteiger partial charge in [-0.3, -0.25) is 4.79 Å². The summed E-state index contributed by atoms with van der Waals surface area (Å²) in [6.07, 6.45) is 3.74. The van der Waals surface area contributed by atoms with Crippen molar-refractivity contribution in [3.8, 4) is 0 Å². The molecule has 0 aliphatic heterocycles. The Morgan fingerprint density at radius 3 is 2.47 bits per heavy atom. The molecule has 0 aliphatic rings. The van der Waals surface area contributed by atoms with Gasteiger partial charge in [-0.05, 0) is 18.4 Å². The molecule has 1 amide bonds. The molecule has 1 aromatic heterocycles. The molecule has 15 heavy (non-hydrogen) atoms. The van der Waals surface area contributed by atoms with Crippen LogP contribution >= 0.6 is 11.8 Å². The molecule has 0 radical (unpaired) electrons. The molecule has 0 fully saturated rings. The number of aromatic nitrogens is 1. The molecular formula is C11H16N2OS. The molecule has 1 heterocycles. The van der Waals surface area contributed by atoms with Crippen LogP contribution in [0.1, 0.15) is 20.8 Å². The van der Waals surface area contributed by atoms with E-state index in [1.54, 1.807) is 18.0 Å². The van der Waals surface area contributed by atoms with Crippen molar-refractivity contribution in [2.75, 3.05) is 11.6 Å². The number of rotatable bonds is 2. The molecule has 0 spiro atoms. The zero-order valence-electron chi connectivity index (χ0n) is 9.50. The van der Waals surface area contributed by atoms with Crippen molar-refractivity contribution in [1.82, 2.24) is 4.98 Å². The molecule has 0 bridgehead atoms. The maximum Gasteiger partial charge on any atom is 0.230 e. The van der Waals surface area contributed by atoms with Gasteiger partial charge in [0.2, 0.25) is 5.91 Å². The van der Waals surface area contributed by atoms with E-state index in [0.717, 1.165) is 4.90 Å². The van der Waals surface area contributed by atoms with Gasteiger partial charge >= 0.3 is 0 Å². The lowest BCUT2D eigenvalue weighted by atomic mass is 9.96. The Kier molecular flexibility index (Phi) is 3.74. The van der Waals surface area contributed by atoms with Crippen LogP contribution in [0, 0.1) is 5.41 Å². The van der Waals surface area contributed by atoms with Crippen LogP contribution in [0.25, 0.3) is 0 Å². The second-order valence-electron chi connectivity index (χ2n) is 4.29. The molecule has 0 aliphatic carbocycles. The highest BCUT2D eigenvalue weighted by Crippen LogP contribution is 2.18. The average Bonchev–Trinajstić information content (AvgIpc) is 2.17. The summed E-state index contributed by atoms with van der Waals surface area (Å²) in [5.41, 5.74) is -0.389. The number of carbonyl (C=O) groups is 1. The first kappa shape index (κ1) is 12.0. The second kappa shape index (κ2) is 4.66. The Labute approximate surface area is 94.7 Å². The monoisotopic (exact) mass is 224 g/mol. The van der Waals surface area contributed by atoms with Crippen LogP contribution in [0.5, 0.6) is 0 Å². The van der Waals surface area contributed by atoms with Gasteiger partial charge in [0.25, 0.3) is 0 Å². The standard InChI is InChI=1S/C11H16N2OS/c1-11(2,3)10(14)13-9-6-5-8(15-4)7-12-9/h5-7H,1-4H3,(H,12,13,14).